The number of pyridine rings is 2. The van der Waals surface area contributed by atoms with Crippen LogP contribution in [0.1, 0.15) is 0 Å². The molecule has 0 N–H and O–H groups in total. The number of hydrogen-bond donors (Lipinski definition) is 0. The van der Waals surface area contributed by atoms with Gasteiger partial charge in [0.25, 0.3) is 0 Å². The fourth-order valence-electron chi connectivity index (χ4n) is 8.33. The molecular weight excluding hydrogens is 681 g/mol. The van der Waals surface area contributed by atoms with Crippen molar-refractivity contribution in [1.29, 1.82) is 0 Å². The van der Waals surface area contributed by atoms with Gasteiger partial charge < -0.3 is 4.57 Å². The average molecular weight is 715 g/mol. The largest absolute Gasteiger partial charge is 0.309 e. The zero-order valence-electron chi connectivity index (χ0n) is 30.4. The number of rotatable bonds is 6. The van der Waals surface area contributed by atoms with E-state index < -0.39 is 0 Å². The highest BCUT2D eigenvalue weighted by Crippen LogP contribution is 2.39. The first-order chi connectivity index (χ1) is 27.8. The van der Waals surface area contributed by atoms with Gasteiger partial charge in [0.1, 0.15) is 5.65 Å². The van der Waals surface area contributed by atoms with Gasteiger partial charge in [0.05, 0.1) is 27.9 Å². The van der Waals surface area contributed by atoms with Crippen LogP contribution in [0.25, 0.3) is 99.9 Å². The van der Waals surface area contributed by atoms with Crippen LogP contribution in [0.3, 0.4) is 0 Å². The summed E-state index contributed by atoms with van der Waals surface area (Å²) in [6.45, 7) is 0. The molecule has 56 heavy (non-hydrogen) atoms. The molecule has 0 fully saturated rings. The Morgan fingerprint density at radius 1 is 0.304 bits per heavy atom. The van der Waals surface area contributed by atoms with Crippen molar-refractivity contribution in [2.24, 2.45) is 0 Å². The quantitative estimate of drug-likeness (QED) is 0.172. The predicted octanol–water partition coefficient (Wildman–Crippen LogP) is 13.3. The van der Waals surface area contributed by atoms with Crippen molar-refractivity contribution >= 4 is 43.7 Å². The number of aromatic nitrogens is 4. The van der Waals surface area contributed by atoms with Crippen LogP contribution in [0, 0.1) is 0 Å². The van der Waals surface area contributed by atoms with Gasteiger partial charge in [0.15, 0.2) is 0 Å². The number of benzene rings is 7. The number of fused-ring (bicyclic) bond motifs is 6. The van der Waals surface area contributed by atoms with E-state index in [-0.39, 0.29) is 0 Å². The van der Waals surface area contributed by atoms with E-state index >= 15 is 0 Å². The van der Waals surface area contributed by atoms with Gasteiger partial charge in [-0.05, 0) is 95.1 Å². The lowest BCUT2D eigenvalue weighted by atomic mass is 10.00. The first-order valence-electron chi connectivity index (χ1n) is 19.0. The smallest absolute Gasteiger partial charge is 0.145 e. The fraction of sp³-hybridized carbons (Fsp3) is 0. The molecule has 4 nitrogen and oxygen atoms in total. The second-order valence-electron chi connectivity index (χ2n) is 14.3. The Morgan fingerprint density at radius 3 is 1.73 bits per heavy atom. The molecule has 0 radical (unpaired) electrons. The first-order valence-corrected chi connectivity index (χ1v) is 19.0. The maximum Gasteiger partial charge on any atom is 0.145 e. The highest BCUT2D eigenvalue weighted by Gasteiger charge is 2.17. The molecule has 0 saturated carbocycles. The minimum Gasteiger partial charge on any atom is -0.309 e. The average Bonchev–Trinajstić information content (AvgIpc) is 3.79. The second kappa shape index (κ2) is 13.1. The third-order valence-electron chi connectivity index (χ3n) is 10.9. The van der Waals surface area contributed by atoms with E-state index in [1.54, 1.807) is 0 Å². The zero-order chi connectivity index (χ0) is 37.0. The lowest BCUT2D eigenvalue weighted by Gasteiger charge is -2.13. The van der Waals surface area contributed by atoms with Gasteiger partial charge in [-0.25, -0.2) is 9.97 Å². The summed E-state index contributed by atoms with van der Waals surface area (Å²) >= 11 is 0. The molecular formula is C52H34N4. The molecule has 0 saturated heterocycles. The van der Waals surface area contributed by atoms with Crippen LogP contribution in [0.2, 0.25) is 0 Å². The highest BCUT2D eigenvalue weighted by atomic mass is 15.0. The summed E-state index contributed by atoms with van der Waals surface area (Å²) in [6, 6.07) is 71.3. The van der Waals surface area contributed by atoms with Gasteiger partial charge in [-0.3, -0.25) is 4.57 Å². The number of para-hydroxylation sites is 2. The summed E-state index contributed by atoms with van der Waals surface area (Å²) in [5, 5.41) is 4.77. The van der Waals surface area contributed by atoms with Crippen LogP contribution in [0.15, 0.2) is 206 Å². The molecule has 11 rings (SSSR count). The lowest BCUT2D eigenvalue weighted by Crippen LogP contribution is -1.96. The van der Waals surface area contributed by atoms with E-state index in [0.717, 1.165) is 67.1 Å². The van der Waals surface area contributed by atoms with Crippen LogP contribution >= 0.6 is 0 Å². The van der Waals surface area contributed by atoms with E-state index in [9.17, 15) is 0 Å². The monoisotopic (exact) mass is 714 g/mol. The van der Waals surface area contributed by atoms with Crippen LogP contribution in [-0.2, 0) is 0 Å². The normalized spacial score (nSPS) is 11.6. The van der Waals surface area contributed by atoms with Crippen LogP contribution in [0.5, 0.6) is 0 Å². The van der Waals surface area contributed by atoms with E-state index in [1.165, 1.54) is 32.8 Å². The van der Waals surface area contributed by atoms with Crippen molar-refractivity contribution in [2.75, 3.05) is 0 Å². The molecule has 0 bridgehead atoms. The molecule has 4 aromatic heterocycles. The zero-order valence-corrected chi connectivity index (χ0v) is 30.4. The Balaban J connectivity index is 1.06. The molecule has 0 unspecified atom stereocenters. The summed E-state index contributed by atoms with van der Waals surface area (Å²) in [7, 11) is 0. The molecule has 262 valence electrons. The van der Waals surface area contributed by atoms with Gasteiger partial charge in [-0.15, -0.1) is 0 Å². The maximum atomic E-state index is 5.24. The van der Waals surface area contributed by atoms with E-state index in [4.69, 9.17) is 9.97 Å². The molecule has 0 aliphatic heterocycles. The van der Waals surface area contributed by atoms with Gasteiger partial charge in [-0.1, -0.05) is 127 Å². The van der Waals surface area contributed by atoms with Gasteiger partial charge in [0, 0.05) is 50.2 Å². The third kappa shape index (κ3) is 5.31. The minimum absolute atomic E-state index is 0.939. The van der Waals surface area contributed by atoms with Crippen molar-refractivity contribution in [3.05, 3.63) is 206 Å². The predicted molar refractivity (Wildman–Crippen MR) is 232 cm³/mol. The first kappa shape index (κ1) is 31.9. The molecule has 0 aliphatic rings. The van der Waals surface area contributed by atoms with Gasteiger partial charge in [-0.2, -0.15) is 0 Å². The standard InChI is InChI=1S/C52H34N4/c1-4-14-35(15-5-1)40-32-47(36-16-6-2-7-17-36)54-48(33-40)39-18-12-21-42(30-39)55-49-24-11-10-22-43(49)46-31-37(26-28-50(46)55)38-25-27-44-45-23-13-29-53-52(45)56(51(44)34-38)41-19-8-3-9-20-41/h1-34H. The number of hydrogen-bond acceptors (Lipinski definition) is 2. The fourth-order valence-corrected chi connectivity index (χ4v) is 8.33. The van der Waals surface area contributed by atoms with Crippen molar-refractivity contribution in [2.45, 2.75) is 0 Å². The highest BCUT2D eigenvalue weighted by molar-refractivity contribution is 6.12. The Labute approximate surface area is 324 Å². The van der Waals surface area contributed by atoms with Crippen molar-refractivity contribution in [3.8, 4) is 56.1 Å². The molecule has 4 heterocycles. The molecule has 0 spiro atoms. The molecule has 0 amide bonds. The van der Waals surface area contributed by atoms with Crippen molar-refractivity contribution in [3.63, 3.8) is 0 Å². The summed E-state index contributed by atoms with van der Waals surface area (Å²) < 4.78 is 4.66. The number of nitrogens with zero attached hydrogens (tertiary/aromatic N) is 4. The Hall–Kier alpha value is -7.56. The van der Waals surface area contributed by atoms with Crippen LogP contribution in [0.4, 0.5) is 0 Å². The Bertz CT molecular complexity index is 3170. The van der Waals surface area contributed by atoms with E-state index in [0.29, 0.717) is 0 Å². The summed E-state index contributed by atoms with van der Waals surface area (Å²) in [5.41, 5.74) is 15.3. The lowest BCUT2D eigenvalue weighted by molar-refractivity contribution is 1.14. The van der Waals surface area contributed by atoms with Crippen molar-refractivity contribution in [1.82, 2.24) is 19.1 Å². The van der Waals surface area contributed by atoms with Crippen LogP contribution < -0.4 is 0 Å². The second-order valence-corrected chi connectivity index (χ2v) is 14.3. The summed E-state index contributed by atoms with van der Waals surface area (Å²) in [4.78, 5) is 10.1. The Kier molecular flexibility index (Phi) is 7.46. The molecule has 4 heteroatoms. The molecule has 0 aliphatic carbocycles. The van der Waals surface area contributed by atoms with Crippen LogP contribution in [-0.4, -0.2) is 19.1 Å². The Morgan fingerprint density at radius 2 is 0.911 bits per heavy atom. The minimum atomic E-state index is 0.939. The van der Waals surface area contributed by atoms with E-state index in [1.807, 2.05) is 18.3 Å². The van der Waals surface area contributed by atoms with Gasteiger partial charge in [0.2, 0.25) is 0 Å². The summed E-state index contributed by atoms with van der Waals surface area (Å²) in [5.74, 6) is 0. The summed E-state index contributed by atoms with van der Waals surface area (Å²) in [6.07, 6.45) is 1.88. The van der Waals surface area contributed by atoms with E-state index in [2.05, 4.69) is 197 Å². The molecule has 11 aromatic rings. The van der Waals surface area contributed by atoms with Gasteiger partial charge >= 0.3 is 0 Å². The van der Waals surface area contributed by atoms with Crippen molar-refractivity contribution < 1.29 is 0 Å². The SMILES string of the molecule is c1ccc(-c2cc(-c3ccccc3)nc(-c3cccc(-n4c5ccccc5c5cc(-c6ccc7c8cccnc8n(-c8ccccc8)c7c6)ccc54)c3)c2)cc1. The molecule has 7 aromatic carbocycles. The maximum absolute atomic E-state index is 5.24. The molecule has 0 atom stereocenters. The topological polar surface area (TPSA) is 35.6 Å². The third-order valence-corrected chi connectivity index (χ3v) is 10.9.